The van der Waals surface area contributed by atoms with E-state index in [0.717, 1.165) is 54.4 Å². The van der Waals surface area contributed by atoms with Gasteiger partial charge in [-0.15, -0.1) is 0 Å². The Morgan fingerprint density at radius 3 is 2.78 bits per heavy atom. The maximum absolute atomic E-state index is 13.4. The minimum absolute atomic E-state index is 0.0539. The summed E-state index contributed by atoms with van der Waals surface area (Å²) in [5, 5.41) is 3.96. The maximum atomic E-state index is 13.4. The third-order valence-corrected chi connectivity index (χ3v) is 5.92. The fraction of sp³-hybridized carbons (Fsp3) is 0.250. The second-order valence-corrected chi connectivity index (χ2v) is 8.02. The molecule has 5 nitrogen and oxygen atoms in total. The molecule has 0 bridgehead atoms. The molecule has 0 spiro atoms. The molecule has 5 rings (SSSR count). The van der Waals surface area contributed by atoms with Gasteiger partial charge in [-0.1, -0.05) is 24.3 Å². The number of rotatable bonds is 4. The SMILES string of the molecule is FC(F)(F)c1ccccc1Nc1cccc([C@@H]2CCCN(c3ncnc4[nH]ccc34)C2)c1. The zero-order valence-electron chi connectivity index (χ0n) is 17.2. The minimum Gasteiger partial charge on any atom is -0.355 e. The first-order chi connectivity index (χ1) is 15.5. The van der Waals surface area contributed by atoms with Gasteiger partial charge in [0.15, 0.2) is 0 Å². The normalized spacial score (nSPS) is 17.0. The number of aromatic amines is 1. The Balaban J connectivity index is 1.38. The summed E-state index contributed by atoms with van der Waals surface area (Å²) in [5.41, 5.74) is 1.94. The van der Waals surface area contributed by atoms with E-state index in [0.29, 0.717) is 5.69 Å². The molecule has 1 fully saturated rings. The van der Waals surface area contributed by atoms with E-state index in [1.54, 1.807) is 18.5 Å². The Labute approximate surface area is 183 Å². The average molecular weight is 437 g/mol. The molecule has 1 aliphatic heterocycles. The van der Waals surface area contributed by atoms with Gasteiger partial charge >= 0.3 is 6.18 Å². The van der Waals surface area contributed by atoms with Gasteiger partial charge in [0.1, 0.15) is 17.8 Å². The first-order valence-electron chi connectivity index (χ1n) is 10.6. The average Bonchev–Trinajstić information content (AvgIpc) is 3.28. The quantitative estimate of drug-likeness (QED) is 0.405. The molecule has 3 heterocycles. The van der Waals surface area contributed by atoms with Crippen molar-refractivity contribution in [3.8, 4) is 0 Å². The van der Waals surface area contributed by atoms with Gasteiger partial charge in [0.05, 0.1) is 16.6 Å². The van der Waals surface area contributed by atoms with Crippen molar-refractivity contribution in [1.82, 2.24) is 15.0 Å². The van der Waals surface area contributed by atoms with Crippen molar-refractivity contribution in [3.63, 3.8) is 0 Å². The number of nitrogens with one attached hydrogen (secondary N) is 2. The molecule has 0 radical (unpaired) electrons. The first kappa shape index (κ1) is 20.4. The summed E-state index contributed by atoms with van der Waals surface area (Å²) in [4.78, 5) is 14.2. The molecule has 0 unspecified atom stereocenters. The van der Waals surface area contributed by atoms with Crippen LogP contribution in [-0.2, 0) is 6.18 Å². The van der Waals surface area contributed by atoms with Crippen LogP contribution < -0.4 is 10.2 Å². The largest absolute Gasteiger partial charge is 0.418 e. The van der Waals surface area contributed by atoms with Gasteiger partial charge in [0, 0.05) is 30.9 Å². The van der Waals surface area contributed by atoms with E-state index >= 15 is 0 Å². The van der Waals surface area contributed by atoms with Crippen LogP contribution in [0.3, 0.4) is 0 Å². The highest BCUT2D eigenvalue weighted by Gasteiger charge is 2.33. The number of alkyl halides is 3. The summed E-state index contributed by atoms with van der Waals surface area (Å²) in [6.07, 6.45) is 1.04. The monoisotopic (exact) mass is 437 g/mol. The van der Waals surface area contributed by atoms with E-state index in [2.05, 4.69) is 25.2 Å². The number of nitrogens with zero attached hydrogens (tertiary/aromatic N) is 3. The molecule has 0 aliphatic carbocycles. The van der Waals surface area contributed by atoms with Gasteiger partial charge in [0.2, 0.25) is 0 Å². The van der Waals surface area contributed by atoms with Gasteiger partial charge in [-0.25, -0.2) is 9.97 Å². The minimum atomic E-state index is -4.41. The molecule has 2 aromatic carbocycles. The number of aromatic nitrogens is 3. The summed E-state index contributed by atoms with van der Waals surface area (Å²) >= 11 is 0. The Bertz CT molecular complexity index is 1230. The second-order valence-electron chi connectivity index (χ2n) is 8.02. The zero-order chi connectivity index (χ0) is 22.1. The molecule has 0 saturated carbocycles. The number of hydrogen-bond acceptors (Lipinski definition) is 4. The predicted octanol–water partition coefficient (Wildman–Crippen LogP) is 6.10. The van der Waals surface area contributed by atoms with Crippen LogP contribution in [0.15, 0.2) is 67.1 Å². The third-order valence-electron chi connectivity index (χ3n) is 5.92. The van der Waals surface area contributed by atoms with Crippen molar-refractivity contribution in [3.05, 3.63) is 78.2 Å². The standard InChI is InChI=1S/C24H22F3N5/c25-24(26,27)20-8-1-2-9-21(20)31-18-7-3-5-16(13-18)17-6-4-12-32(14-17)23-19-10-11-28-22(19)29-15-30-23/h1-3,5,7-11,13,15,17,31H,4,6,12,14H2,(H,28,29,30)/t17-/m1/s1. The van der Waals surface area contributed by atoms with Crippen molar-refractivity contribution in [2.24, 2.45) is 0 Å². The highest BCUT2D eigenvalue weighted by molar-refractivity contribution is 5.87. The van der Waals surface area contributed by atoms with E-state index in [4.69, 9.17) is 0 Å². The van der Waals surface area contributed by atoms with Crippen LogP contribution in [0.1, 0.15) is 29.9 Å². The maximum Gasteiger partial charge on any atom is 0.418 e. The topological polar surface area (TPSA) is 56.8 Å². The van der Waals surface area contributed by atoms with Crippen molar-refractivity contribution < 1.29 is 13.2 Å². The van der Waals surface area contributed by atoms with E-state index < -0.39 is 11.7 Å². The van der Waals surface area contributed by atoms with Gasteiger partial charge in [0.25, 0.3) is 0 Å². The lowest BCUT2D eigenvalue weighted by Crippen LogP contribution is -2.35. The number of benzene rings is 2. The molecule has 2 N–H and O–H groups in total. The van der Waals surface area contributed by atoms with Crippen molar-refractivity contribution in [1.29, 1.82) is 0 Å². The number of H-pyrrole nitrogens is 1. The van der Waals surface area contributed by atoms with Crippen LogP contribution in [0.4, 0.5) is 30.4 Å². The first-order valence-corrected chi connectivity index (χ1v) is 10.6. The Morgan fingerprint density at radius 2 is 1.91 bits per heavy atom. The Kier molecular flexibility index (Phi) is 5.20. The summed E-state index contributed by atoms with van der Waals surface area (Å²) < 4.78 is 40.1. The van der Waals surface area contributed by atoms with E-state index in [-0.39, 0.29) is 11.6 Å². The molecule has 164 valence electrons. The van der Waals surface area contributed by atoms with Crippen LogP contribution in [-0.4, -0.2) is 28.0 Å². The summed E-state index contributed by atoms with van der Waals surface area (Å²) in [6.45, 7) is 1.70. The second kappa shape index (κ2) is 8.18. The number of piperidine rings is 1. The highest BCUT2D eigenvalue weighted by atomic mass is 19.4. The van der Waals surface area contributed by atoms with Crippen LogP contribution in [0.25, 0.3) is 11.0 Å². The molecule has 4 aromatic rings. The zero-order valence-corrected chi connectivity index (χ0v) is 17.2. The molecule has 2 aromatic heterocycles. The molecule has 0 amide bonds. The number of fused-ring (bicyclic) bond motifs is 1. The molecule has 1 aliphatic rings. The predicted molar refractivity (Wildman–Crippen MR) is 119 cm³/mol. The van der Waals surface area contributed by atoms with E-state index in [9.17, 15) is 13.2 Å². The van der Waals surface area contributed by atoms with Crippen molar-refractivity contribution in [2.75, 3.05) is 23.3 Å². The highest BCUT2D eigenvalue weighted by Crippen LogP contribution is 2.37. The fourth-order valence-corrected chi connectivity index (χ4v) is 4.42. The smallest absolute Gasteiger partial charge is 0.355 e. The molecular formula is C24H22F3N5. The van der Waals surface area contributed by atoms with Gasteiger partial charge < -0.3 is 15.2 Å². The molecule has 32 heavy (non-hydrogen) atoms. The van der Waals surface area contributed by atoms with Crippen LogP contribution in [0, 0.1) is 0 Å². The van der Waals surface area contributed by atoms with E-state index in [1.165, 1.54) is 12.1 Å². The number of para-hydroxylation sites is 1. The molecule has 1 atom stereocenters. The lowest BCUT2D eigenvalue weighted by atomic mass is 9.90. The summed E-state index contributed by atoms with van der Waals surface area (Å²) in [6, 6.07) is 15.2. The lowest BCUT2D eigenvalue weighted by Gasteiger charge is -2.34. The lowest BCUT2D eigenvalue weighted by molar-refractivity contribution is -0.136. The Hall–Kier alpha value is -3.55. The number of anilines is 3. The molecular weight excluding hydrogens is 415 g/mol. The van der Waals surface area contributed by atoms with Crippen LogP contribution in [0.5, 0.6) is 0 Å². The van der Waals surface area contributed by atoms with Gasteiger partial charge in [-0.3, -0.25) is 0 Å². The van der Waals surface area contributed by atoms with Crippen molar-refractivity contribution in [2.45, 2.75) is 24.9 Å². The Morgan fingerprint density at radius 1 is 1.03 bits per heavy atom. The van der Waals surface area contributed by atoms with E-state index in [1.807, 2.05) is 30.5 Å². The van der Waals surface area contributed by atoms with Crippen molar-refractivity contribution >= 4 is 28.2 Å². The van der Waals surface area contributed by atoms with Crippen LogP contribution >= 0.6 is 0 Å². The molecule has 1 saturated heterocycles. The van der Waals surface area contributed by atoms with Gasteiger partial charge in [-0.05, 0) is 48.7 Å². The fourth-order valence-electron chi connectivity index (χ4n) is 4.42. The van der Waals surface area contributed by atoms with Gasteiger partial charge in [-0.2, -0.15) is 13.2 Å². The number of hydrogen-bond donors (Lipinski definition) is 2. The third kappa shape index (κ3) is 4.00. The van der Waals surface area contributed by atoms with Crippen LogP contribution in [0.2, 0.25) is 0 Å². The number of halogens is 3. The summed E-state index contributed by atoms with van der Waals surface area (Å²) in [5.74, 6) is 1.17. The molecule has 8 heteroatoms. The summed E-state index contributed by atoms with van der Waals surface area (Å²) in [7, 11) is 0.